The first-order valence-electron chi connectivity index (χ1n) is 6.00. The van der Waals surface area contributed by atoms with Crippen LogP contribution in [0.3, 0.4) is 0 Å². The van der Waals surface area contributed by atoms with E-state index in [1.165, 1.54) is 6.42 Å². The van der Waals surface area contributed by atoms with Gasteiger partial charge in [-0.1, -0.05) is 20.8 Å². The molecule has 0 radical (unpaired) electrons. The molecule has 2 unspecified atom stereocenters. The van der Waals surface area contributed by atoms with E-state index >= 15 is 0 Å². The first kappa shape index (κ1) is 12.5. The summed E-state index contributed by atoms with van der Waals surface area (Å²) in [7, 11) is 0. The number of rotatable bonds is 5. The van der Waals surface area contributed by atoms with E-state index in [4.69, 9.17) is 5.11 Å². The van der Waals surface area contributed by atoms with Gasteiger partial charge in [-0.25, -0.2) is 0 Å². The van der Waals surface area contributed by atoms with Crippen molar-refractivity contribution in [2.45, 2.75) is 46.1 Å². The summed E-state index contributed by atoms with van der Waals surface area (Å²) in [5.41, 5.74) is 0. The van der Waals surface area contributed by atoms with E-state index in [0.29, 0.717) is 6.42 Å². The van der Waals surface area contributed by atoms with E-state index in [1.807, 2.05) is 0 Å². The van der Waals surface area contributed by atoms with Gasteiger partial charge < -0.3 is 5.11 Å². The molecule has 0 spiro atoms. The van der Waals surface area contributed by atoms with Crippen molar-refractivity contribution < 1.29 is 9.90 Å². The van der Waals surface area contributed by atoms with Crippen LogP contribution in [-0.4, -0.2) is 35.1 Å². The van der Waals surface area contributed by atoms with Crippen LogP contribution in [0.1, 0.15) is 40.0 Å². The SMILES string of the molecule is CCC(CC(=O)O)N1CCC(C(C)C)C1. The Bertz CT molecular complexity index is 216. The van der Waals surface area contributed by atoms with Crippen LogP contribution in [0.5, 0.6) is 0 Å². The fourth-order valence-corrected chi connectivity index (χ4v) is 2.42. The quantitative estimate of drug-likeness (QED) is 0.761. The average molecular weight is 213 g/mol. The first-order valence-corrected chi connectivity index (χ1v) is 6.00. The van der Waals surface area contributed by atoms with E-state index in [9.17, 15) is 4.79 Å². The number of aliphatic carboxylic acids is 1. The van der Waals surface area contributed by atoms with E-state index in [-0.39, 0.29) is 6.04 Å². The Hall–Kier alpha value is -0.570. The Labute approximate surface area is 92.5 Å². The van der Waals surface area contributed by atoms with Crippen molar-refractivity contribution in [3.05, 3.63) is 0 Å². The zero-order chi connectivity index (χ0) is 11.4. The van der Waals surface area contributed by atoms with Gasteiger partial charge in [0.05, 0.1) is 6.42 Å². The summed E-state index contributed by atoms with van der Waals surface area (Å²) < 4.78 is 0. The number of nitrogens with zero attached hydrogens (tertiary/aromatic N) is 1. The molecule has 0 aromatic rings. The Morgan fingerprint density at radius 3 is 2.60 bits per heavy atom. The van der Waals surface area contributed by atoms with Gasteiger partial charge in [0, 0.05) is 12.6 Å². The molecule has 0 aliphatic carbocycles. The third-order valence-electron chi connectivity index (χ3n) is 3.60. The third-order valence-corrected chi connectivity index (χ3v) is 3.60. The Kier molecular flexibility index (Phi) is 4.58. The van der Waals surface area contributed by atoms with Crippen LogP contribution < -0.4 is 0 Å². The van der Waals surface area contributed by atoms with E-state index in [0.717, 1.165) is 31.3 Å². The number of carboxylic acid groups (broad SMARTS) is 1. The van der Waals surface area contributed by atoms with Gasteiger partial charge in [0.25, 0.3) is 0 Å². The second-order valence-corrected chi connectivity index (χ2v) is 4.95. The van der Waals surface area contributed by atoms with Gasteiger partial charge in [-0.05, 0) is 31.2 Å². The summed E-state index contributed by atoms with van der Waals surface area (Å²) in [6, 6.07) is 0.242. The molecule has 88 valence electrons. The maximum atomic E-state index is 10.7. The van der Waals surface area contributed by atoms with Crippen LogP contribution in [-0.2, 0) is 4.79 Å². The first-order chi connectivity index (χ1) is 7.04. The molecular formula is C12H23NO2. The molecule has 1 fully saturated rings. The third kappa shape index (κ3) is 3.49. The molecule has 0 saturated carbocycles. The molecule has 3 heteroatoms. The van der Waals surface area contributed by atoms with E-state index in [1.54, 1.807) is 0 Å². The topological polar surface area (TPSA) is 40.5 Å². The summed E-state index contributed by atoms with van der Waals surface area (Å²) in [6.07, 6.45) is 2.46. The molecular weight excluding hydrogens is 190 g/mol. The lowest BCUT2D eigenvalue weighted by Gasteiger charge is -2.26. The van der Waals surface area contributed by atoms with E-state index < -0.39 is 5.97 Å². The van der Waals surface area contributed by atoms with Crippen molar-refractivity contribution in [3.63, 3.8) is 0 Å². The monoisotopic (exact) mass is 213 g/mol. The minimum Gasteiger partial charge on any atom is -0.481 e. The van der Waals surface area contributed by atoms with Crippen LogP contribution in [0.15, 0.2) is 0 Å². The summed E-state index contributed by atoms with van der Waals surface area (Å²) >= 11 is 0. The molecule has 2 atom stereocenters. The van der Waals surface area contributed by atoms with Gasteiger partial charge in [-0.3, -0.25) is 9.69 Å². The maximum Gasteiger partial charge on any atom is 0.304 e. The van der Waals surface area contributed by atoms with Crippen LogP contribution in [0, 0.1) is 11.8 Å². The van der Waals surface area contributed by atoms with Crippen molar-refractivity contribution in [3.8, 4) is 0 Å². The second-order valence-electron chi connectivity index (χ2n) is 4.95. The lowest BCUT2D eigenvalue weighted by atomic mass is 9.95. The highest BCUT2D eigenvalue weighted by molar-refractivity contribution is 5.67. The standard InChI is InChI=1S/C12H23NO2/c1-4-11(7-12(14)15)13-6-5-10(8-13)9(2)3/h9-11H,4-8H2,1-3H3,(H,14,15). The van der Waals surface area contributed by atoms with Crippen LogP contribution in [0.4, 0.5) is 0 Å². The summed E-state index contributed by atoms with van der Waals surface area (Å²) in [4.78, 5) is 13.1. The van der Waals surface area contributed by atoms with Gasteiger partial charge in [-0.2, -0.15) is 0 Å². The van der Waals surface area contributed by atoms with Gasteiger partial charge in [0.2, 0.25) is 0 Å². The predicted molar refractivity (Wildman–Crippen MR) is 60.8 cm³/mol. The number of carbonyl (C=O) groups is 1. The molecule has 1 aliphatic heterocycles. The molecule has 1 saturated heterocycles. The van der Waals surface area contributed by atoms with Gasteiger partial charge in [-0.15, -0.1) is 0 Å². The largest absolute Gasteiger partial charge is 0.481 e. The molecule has 0 amide bonds. The lowest BCUT2D eigenvalue weighted by molar-refractivity contribution is -0.138. The van der Waals surface area contributed by atoms with E-state index in [2.05, 4.69) is 25.7 Å². The molecule has 15 heavy (non-hydrogen) atoms. The van der Waals surface area contributed by atoms with Crippen LogP contribution in [0.2, 0.25) is 0 Å². The molecule has 0 aromatic heterocycles. The number of hydrogen-bond acceptors (Lipinski definition) is 2. The lowest BCUT2D eigenvalue weighted by Crippen LogP contribution is -2.35. The normalized spacial score (nSPS) is 24.7. The summed E-state index contributed by atoms with van der Waals surface area (Å²) in [6.45, 7) is 8.76. The molecule has 3 nitrogen and oxygen atoms in total. The summed E-state index contributed by atoms with van der Waals surface area (Å²) in [5, 5.41) is 8.82. The fourth-order valence-electron chi connectivity index (χ4n) is 2.42. The Morgan fingerprint density at radius 2 is 2.20 bits per heavy atom. The molecule has 1 aliphatic rings. The number of carboxylic acids is 1. The minimum atomic E-state index is -0.671. The molecule has 1 rings (SSSR count). The minimum absolute atomic E-state index is 0.242. The Balaban J connectivity index is 2.46. The van der Waals surface area contributed by atoms with Crippen LogP contribution >= 0.6 is 0 Å². The number of hydrogen-bond donors (Lipinski definition) is 1. The van der Waals surface area contributed by atoms with Gasteiger partial charge in [0.15, 0.2) is 0 Å². The van der Waals surface area contributed by atoms with Crippen molar-refractivity contribution >= 4 is 5.97 Å². The smallest absolute Gasteiger partial charge is 0.304 e. The van der Waals surface area contributed by atoms with Crippen molar-refractivity contribution in [2.75, 3.05) is 13.1 Å². The number of likely N-dealkylation sites (tertiary alicyclic amines) is 1. The van der Waals surface area contributed by atoms with Crippen molar-refractivity contribution in [1.82, 2.24) is 4.90 Å². The van der Waals surface area contributed by atoms with Crippen molar-refractivity contribution in [1.29, 1.82) is 0 Å². The highest BCUT2D eigenvalue weighted by atomic mass is 16.4. The zero-order valence-electron chi connectivity index (χ0n) is 10.1. The highest BCUT2D eigenvalue weighted by Gasteiger charge is 2.29. The second kappa shape index (κ2) is 5.50. The predicted octanol–water partition coefficient (Wildman–Crippen LogP) is 2.22. The zero-order valence-corrected chi connectivity index (χ0v) is 10.1. The summed E-state index contributed by atoms with van der Waals surface area (Å²) in [5.74, 6) is 0.806. The molecule has 1 heterocycles. The van der Waals surface area contributed by atoms with Gasteiger partial charge >= 0.3 is 5.97 Å². The highest BCUT2D eigenvalue weighted by Crippen LogP contribution is 2.26. The van der Waals surface area contributed by atoms with Crippen LogP contribution in [0.25, 0.3) is 0 Å². The van der Waals surface area contributed by atoms with Crippen molar-refractivity contribution in [2.24, 2.45) is 11.8 Å². The average Bonchev–Trinajstić information content (AvgIpc) is 2.62. The van der Waals surface area contributed by atoms with Gasteiger partial charge in [0.1, 0.15) is 0 Å². The molecule has 1 N–H and O–H groups in total. The molecule has 0 bridgehead atoms. The maximum absolute atomic E-state index is 10.7. The Morgan fingerprint density at radius 1 is 1.53 bits per heavy atom. The molecule has 0 aromatic carbocycles. The fraction of sp³-hybridized carbons (Fsp3) is 0.917.